The molecule has 3 aromatic carbocycles. The lowest BCUT2D eigenvalue weighted by Crippen LogP contribution is -2.26. The Morgan fingerprint density at radius 2 is 1.69 bits per heavy atom. The number of nitrogens with one attached hydrogen (secondary N) is 2. The summed E-state index contributed by atoms with van der Waals surface area (Å²) in [5.74, 6) is 0.532. The fourth-order valence-electron chi connectivity index (χ4n) is 3.44. The second-order valence-corrected chi connectivity index (χ2v) is 10.0. The van der Waals surface area contributed by atoms with Gasteiger partial charge in [0.2, 0.25) is 0 Å². The second kappa shape index (κ2) is 11.9. The molecular formula is C25H28BrN3O5S. The Labute approximate surface area is 214 Å². The summed E-state index contributed by atoms with van der Waals surface area (Å²) in [6.45, 7) is 4.90. The first-order chi connectivity index (χ1) is 16.8. The van der Waals surface area contributed by atoms with Gasteiger partial charge >= 0.3 is 0 Å². The number of methoxy groups -OCH3 is 1. The first-order valence-corrected chi connectivity index (χ1v) is 13.3. The van der Waals surface area contributed by atoms with Crippen LogP contribution in [0.15, 0.2) is 76.1 Å². The Hall–Kier alpha value is -3.24. The number of para-hydroxylation sites is 2. The lowest BCUT2D eigenvalue weighted by molar-refractivity contribution is -0.118. The molecule has 0 aliphatic heterocycles. The van der Waals surface area contributed by atoms with E-state index >= 15 is 0 Å². The van der Waals surface area contributed by atoms with Crippen molar-refractivity contribution in [1.29, 1.82) is 0 Å². The fourth-order valence-corrected chi connectivity index (χ4v) is 5.03. The van der Waals surface area contributed by atoms with E-state index in [1.165, 1.54) is 13.2 Å². The molecule has 0 saturated heterocycles. The summed E-state index contributed by atoms with van der Waals surface area (Å²) in [7, 11) is -2.54. The normalized spacial score (nSPS) is 11.0. The molecule has 3 rings (SSSR count). The zero-order valence-electron chi connectivity index (χ0n) is 19.7. The van der Waals surface area contributed by atoms with E-state index in [9.17, 15) is 13.2 Å². The van der Waals surface area contributed by atoms with Gasteiger partial charge in [0.1, 0.15) is 16.4 Å². The third-order valence-corrected chi connectivity index (χ3v) is 7.10. The molecule has 0 atom stereocenters. The topological polar surface area (TPSA) is 97.0 Å². The van der Waals surface area contributed by atoms with Gasteiger partial charge < -0.3 is 19.7 Å². The molecule has 0 saturated carbocycles. The quantitative estimate of drug-likeness (QED) is 0.337. The Balaban J connectivity index is 1.87. The summed E-state index contributed by atoms with van der Waals surface area (Å²) in [4.78, 5) is 14.5. The van der Waals surface area contributed by atoms with Crippen molar-refractivity contribution >= 4 is 48.9 Å². The van der Waals surface area contributed by atoms with Crippen molar-refractivity contribution in [3.05, 3.63) is 71.2 Å². The molecule has 0 heterocycles. The highest BCUT2D eigenvalue weighted by atomic mass is 79.9. The van der Waals surface area contributed by atoms with Crippen LogP contribution in [0.1, 0.15) is 13.8 Å². The third kappa shape index (κ3) is 6.89. The molecule has 0 bridgehead atoms. The van der Waals surface area contributed by atoms with Crippen LogP contribution in [0.5, 0.6) is 11.5 Å². The number of ether oxygens (including phenoxy) is 2. The Bertz CT molecular complexity index is 1260. The van der Waals surface area contributed by atoms with Gasteiger partial charge in [-0.3, -0.25) is 9.52 Å². The average Bonchev–Trinajstić information content (AvgIpc) is 2.85. The van der Waals surface area contributed by atoms with E-state index < -0.39 is 15.9 Å². The van der Waals surface area contributed by atoms with Gasteiger partial charge in [-0.25, -0.2) is 8.42 Å². The Kier molecular flexibility index (Phi) is 9.00. The number of sulfonamides is 1. The zero-order valence-corrected chi connectivity index (χ0v) is 22.1. The van der Waals surface area contributed by atoms with E-state index in [-0.39, 0.29) is 11.5 Å². The maximum atomic E-state index is 13.5. The molecule has 0 spiro atoms. The fraction of sp³-hybridized carbons (Fsp3) is 0.240. The van der Waals surface area contributed by atoms with Crippen LogP contribution < -0.4 is 24.4 Å². The minimum Gasteiger partial charge on any atom is -0.495 e. The number of rotatable bonds is 11. The van der Waals surface area contributed by atoms with Gasteiger partial charge in [-0.15, -0.1) is 0 Å². The van der Waals surface area contributed by atoms with Gasteiger partial charge in [0.25, 0.3) is 15.9 Å². The smallest absolute Gasteiger partial charge is 0.264 e. The highest BCUT2D eigenvalue weighted by Crippen LogP contribution is 2.32. The molecule has 1 amide bonds. The Morgan fingerprint density at radius 3 is 2.34 bits per heavy atom. The van der Waals surface area contributed by atoms with Crippen molar-refractivity contribution in [1.82, 2.24) is 0 Å². The van der Waals surface area contributed by atoms with E-state index in [1.807, 2.05) is 30.9 Å². The summed E-state index contributed by atoms with van der Waals surface area (Å²) in [6.07, 6.45) is 0. The zero-order chi connectivity index (χ0) is 25.4. The number of nitrogens with zero attached hydrogens (tertiary/aromatic N) is 1. The first kappa shape index (κ1) is 26.4. The molecule has 2 N–H and O–H groups in total. The van der Waals surface area contributed by atoms with Crippen molar-refractivity contribution in [2.45, 2.75) is 18.7 Å². The molecule has 0 radical (unpaired) electrons. The number of carbonyl (C=O) groups excluding carboxylic acids is 1. The summed E-state index contributed by atoms with van der Waals surface area (Å²) >= 11 is 3.35. The third-order valence-electron chi connectivity index (χ3n) is 5.17. The molecule has 0 aromatic heterocycles. The highest BCUT2D eigenvalue weighted by Gasteiger charge is 2.23. The van der Waals surface area contributed by atoms with Crippen molar-refractivity contribution in [3.8, 4) is 11.5 Å². The Morgan fingerprint density at radius 1 is 1.00 bits per heavy atom. The minimum atomic E-state index is -4.02. The van der Waals surface area contributed by atoms with Gasteiger partial charge in [-0.1, -0.05) is 28.1 Å². The van der Waals surface area contributed by atoms with E-state index in [1.54, 1.807) is 48.5 Å². The van der Waals surface area contributed by atoms with Crippen molar-refractivity contribution in [3.63, 3.8) is 0 Å². The average molecular weight is 562 g/mol. The molecule has 0 unspecified atom stereocenters. The van der Waals surface area contributed by atoms with Crippen molar-refractivity contribution in [2.75, 3.05) is 41.7 Å². The van der Waals surface area contributed by atoms with E-state index in [0.29, 0.717) is 41.7 Å². The standard InChI is InChI=1S/C25H28BrN3O5S/c1-4-29(5-2)22-15-12-19(27-25(30)17-34-20-13-10-18(26)11-14-20)16-24(22)35(31,32)28-21-8-6-7-9-23(21)33-3/h6-16,28H,4-5,17H2,1-3H3,(H,27,30). The summed E-state index contributed by atoms with van der Waals surface area (Å²) < 4.78 is 41.2. The predicted molar refractivity (Wildman–Crippen MR) is 142 cm³/mol. The van der Waals surface area contributed by atoms with Gasteiger partial charge in [-0.2, -0.15) is 0 Å². The van der Waals surface area contributed by atoms with Crippen LogP contribution in [0.25, 0.3) is 0 Å². The first-order valence-electron chi connectivity index (χ1n) is 11.0. The summed E-state index contributed by atoms with van der Waals surface area (Å²) in [6, 6.07) is 18.7. The van der Waals surface area contributed by atoms with Crippen LogP contribution in [0.2, 0.25) is 0 Å². The predicted octanol–water partition coefficient (Wildman–Crippen LogP) is 5.12. The van der Waals surface area contributed by atoms with Crippen LogP contribution in [0, 0.1) is 0 Å². The summed E-state index contributed by atoms with van der Waals surface area (Å²) in [5, 5.41) is 2.72. The summed E-state index contributed by atoms with van der Waals surface area (Å²) in [5.41, 5.74) is 1.19. The molecule has 0 aliphatic rings. The van der Waals surface area contributed by atoms with Crippen molar-refractivity contribution < 1.29 is 22.7 Å². The lowest BCUT2D eigenvalue weighted by atomic mass is 10.2. The highest BCUT2D eigenvalue weighted by molar-refractivity contribution is 9.10. The maximum Gasteiger partial charge on any atom is 0.264 e. The van der Waals surface area contributed by atoms with Crippen LogP contribution >= 0.6 is 15.9 Å². The molecule has 0 aliphatic carbocycles. The number of hydrogen-bond acceptors (Lipinski definition) is 6. The lowest BCUT2D eigenvalue weighted by Gasteiger charge is -2.25. The van der Waals surface area contributed by atoms with Crippen molar-refractivity contribution in [2.24, 2.45) is 0 Å². The van der Waals surface area contributed by atoms with Gasteiger partial charge in [0.15, 0.2) is 6.61 Å². The minimum absolute atomic E-state index is 0.0405. The van der Waals surface area contributed by atoms with Crippen LogP contribution in [0.4, 0.5) is 17.1 Å². The number of benzene rings is 3. The second-order valence-electron chi connectivity index (χ2n) is 7.45. The monoisotopic (exact) mass is 561 g/mol. The molecule has 0 fully saturated rings. The van der Waals surface area contributed by atoms with Gasteiger partial charge in [0.05, 0.1) is 18.5 Å². The number of anilines is 3. The van der Waals surface area contributed by atoms with E-state index in [0.717, 1.165) is 4.47 Å². The number of carbonyl (C=O) groups is 1. The van der Waals surface area contributed by atoms with Gasteiger partial charge in [-0.05, 0) is 68.4 Å². The number of halogens is 1. The maximum absolute atomic E-state index is 13.5. The molecule has 8 nitrogen and oxygen atoms in total. The molecule has 35 heavy (non-hydrogen) atoms. The van der Waals surface area contributed by atoms with Crippen LogP contribution in [-0.4, -0.2) is 41.1 Å². The number of hydrogen-bond donors (Lipinski definition) is 2. The van der Waals surface area contributed by atoms with Crippen LogP contribution in [-0.2, 0) is 14.8 Å². The molecule has 3 aromatic rings. The molecular weight excluding hydrogens is 534 g/mol. The molecule has 186 valence electrons. The van der Waals surface area contributed by atoms with E-state index in [2.05, 4.69) is 26.0 Å². The molecule has 10 heteroatoms. The largest absolute Gasteiger partial charge is 0.495 e. The van der Waals surface area contributed by atoms with Crippen LogP contribution in [0.3, 0.4) is 0 Å². The van der Waals surface area contributed by atoms with Gasteiger partial charge in [0, 0.05) is 23.2 Å². The van der Waals surface area contributed by atoms with E-state index in [4.69, 9.17) is 9.47 Å². The number of amides is 1. The SMILES string of the molecule is CCN(CC)c1ccc(NC(=O)COc2ccc(Br)cc2)cc1S(=O)(=O)Nc1ccccc1OC.